The van der Waals surface area contributed by atoms with Crippen LogP contribution in [0.25, 0.3) is 22.3 Å². The van der Waals surface area contributed by atoms with Crippen molar-refractivity contribution in [2.75, 3.05) is 11.9 Å². The van der Waals surface area contributed by atoms with Crippen LogP contribution in [0.4, 0.5) is 5.82 Å². The van der Waals surface area contributed by atoms with Gasteiger partial charge in [0.25, 0.3) is 0 Å². The Bertz CT molecular complexity index is 875. The second-order valence-corrected chi connectivity index (χ2v) is 5.78. The first-order valence-electron chi connectivity index (χ1n) is 7.81. The van der Waals surface area contributed by atoms with Crippen molar-refractivity contribution in [3.8, 4) is 11.3 Å². The van der Waals surface area contributed by atoms with Gasteiger partial charge < -0.3 is 14.4 Å². The van der Waals surface area contributed by atoms with E-state index in [1.54, 1.807) is 24.7 Å². The molecule has 2 aromatic heterocycles. The summed E-state index contributed by atoms with van der Waals surface area (Å²) in [4.78, 5) is 22.7. The van der Waals surface area contributed by atoms with Crippen molar-refractivity contribution in [1.82, 2.24) is 9.97 Å². The molecule has 24 heavy (non-hydrogen) atoms. The van der Waals surface area contributed by atoms with Crippen molar-refractivity contribution in [1.29, 1.82) is 0 Å². The molecule has 0 aliphatic carbocycles. The Labute approximate surface area is 139 Å². The lowest BCUT2D eigenvalue weighted by atomic mass is 10.1. The van der Waals surface area contributed by atoms with E-state index in [1.165, 1.54) is 6.07 Å². The lowest BCUT2D eigenvalue weighted by molar-refractivity contribution is 0.0697. The molecule has 1 aromatic carbocycles. The van der Waals surface area contributed by atoms with Gasteiger partial charge in [0, 0.05) is 18.7 Å². The van der Waals surface area contributed by atoms with Gasteiger partial charge in [0.2, 0.25) is 0 Å². The number of carboxylic acids is 1. The van der Waals surface area contributed by atoms with Crippen LogP contribution >= 0.6 is 0 Å². The van der Waals surface area contributed by atoms with Crippen molar-refractivity contribution in [2.45, 2.75) is 26.3 Å². The number of anilines is 1. The fourth-order valence-corrected chi connectivity index (χ4v) is 2.50. The minimum absolute atomic E-state index is 0.199. The molecule has 0 fully saturated rings. The van der Waals surface area contributed by atoms with Gasteiger partial charge in [-0.3, -0.25) is 0 Å². The Morgan fingerprint density at radius 3 is 2.71 bits per heavy atom. The first kappa shape index (κ1) is 16.0. The number of nitrogens with zero attached hydrogens (tertiary/aromatic N) is 3. The number of furan rings is 1. The lowest BCUT2D eigenvalue weighted by Gasteiger charge is -2.26. The molecule has 1 unspecified atom stereocenters. The molecule has 3 aromatic rings. The number of aromatic nitrogens is 2. The van der Waals surface area contributed by atoms with Crippen LogP contribution in [-0.4, -0.2) is 34.1 Å². The summed E-state index contributed by atoms with van der Waals surface area (Å²) in [5.74, 6) is -0.268. The highest BCUT2D eigenvalue weighted by Gasteiger charge is 2.19. The van der Waals surface area contributed by atoms with Gasteiger partial charge in [0.1, 0.15) is 5.69 Å². The molecule has 124 valence electrons. The topological polar surface area (TPSA) is 79.5 Å². The zero-order valence-corrected chi connectivity index (χ0v) is 13.9. The third kappa shape index (κ3) is 2.82. The monoisotopic (exact) mass is 325 g/mol. The Hall–Kier alpha value is -2.89. The summed E-state index contributed by atoms with van der Waals surface area (Å²) in [5.41, 5.74) is 2.98. The highest BCUT2D eigenvalue weighted by atomic mass is 16.4. The van der Waals surface area contributed by atoms with Crippen LogP contribution < -0.4 is 4.90 Å². The molecule has 0 bridgehead atoms. The first-order chi connectivity index (χ1) is 11.5. The van der Waals surface area contributed by atoms with Crippen molar-refractivity contribution in [2.24, 2.45) is 0 Å². The minimum atomic E-state index is -0.977. The summed E-state index contributed by atoms with van der Waals surface area (Å²) in [6, 6.07) is 6.89. The summed E-state index contributed by atoms with van der Waals surface area (Å²) < 4.78 is 5.19. The normalized spacial score (nSPS) is 12.3. The number of carbonyl (C=O) groups is 1. The van der Waals surface area contributed by atoms with Crippen molar-refractivity contribution < 1.29 is 14.3 Å². The van der Waals surface area contributed by atoms with E-state index in [0.29, 0.717) is 16.9 Å². The van der Waals surface area contributed by atoms with E-state index in [0.717, 1.165) is 17.7 Å². The van der Waals surface area contributed by atoms with Crippen LogP contribution in [0.15, 0.2) is 41.2 Å². The lowest BCUT2D eigenvalue weighted by Crippen LogP contribution is -2.29. The number of rotatable bonds is 5. The molecule has 0 saturated carbocycles. The summed E-state index contributed by atoms with van der Waals surface area (Å²) in [6.07, 6.45) is 4.19. The third-order valence-electron chi connectivity index (χ3n) is 4.27. The number of aromatic carboxylic acids is 1. The van der Waals surface area contributed by atoms with E-state index in [2.05, 4.69) is 18.7 Å². The highest BCUT2D eigenvalue weighted by molar-refractivity contribution is 5.93. The molecule has 6 nitrogen and oxygen atoms in total. The number of benzene rings is 1. The second kappa shape index (κ2) is 6.31. The molecular weight excluding hydrogens is 306 g/mol. The van der Waals surface area contributed by atoms with Gasteiger partial charge in [-0.25, -0.2) is 14.8 Å². The van der Waals surface area contributed by atoms with Crippen LogP contribution in [0.5, 0.6) is 0 Å². The Balaban J connectivity index is 2.23. The first-order valence-corrected chi connectivity index (χ1v) is 7.81. The van der Waals surface area contributed by atoms with Crippen LogP contribution in [-0.2, 0) is 0 Å². The summed E-state index contributed by atoms with van der Waals surface area (Å²) in [5, 5.41) is 9.18. The summed E-state index contributed by atoms with van der Waals surface area (Å²) in [7, 11) is 1.97. The van der Waals surface area contributed by atoms with Gasteiger partial charge in [-0.1, -0.05) is 6.92 Å². The minimum Gasteiger partial charge on any atom is -0.478 e. The van der Waals surface area contributed by atoms with Crippen molar-refractivity contribution in [3.63, 3.8) is 0 Å². The van der Waals surface area contributed by atoms with E-state index < -0.39 is 5.97 Å². The summed E-state index contributed by atoms with van der Waals surface area (Å²) in [6.45, 7) is 4.22. The maximum absolute atomic E-state index is 11.2. The molecule has 0 amide bonds. The number of fused-ring (bicyclic) bond motifs is 1. The quantitative estimate of drug-likeness (QED) is 0.768. The standard InChI is InChI=1S/C18H19N3O3/c1-4-11(2)21(3)17-16(13-7-8-24-10-13)19-14-6-5-12(18(22)23)9-15(14)20-17/h5-11H,4H2,1-3H3,(H,22,23). The van der Waals surface area contributed by atoms with Crippen LogP contribution in [0.2, 0.25) is 0 Å². The van der Waals surface area contributed by atoms with Gasteiger partial charge in [-0.2, -0.15) is 0 Å². The predicted molar refractivity (Wildman–Crippen MR) is 92.4 cm³/mol. The molecule has 6 heteroatoms. The average Bonchev–Trinajstić information content (AvgIpc) is 3.13. The smallest absolute Gasteiger partial charge is 0.335 e. The van der Waals surface area contributed by atoms with E-state index in [1.807, 2.05) is 13.1 Å². The largest absolute Gasteiger partial charge is 0.478 e. The van der Waals surface area contributed by atoms with Gasteiger partial charge in [0.05, 0.1) is 29.1 Å². The molecule has 2 heterocycles. The number of hydrogen-bond donors (Lipinski definition) is 1. The zero-order chi connectivity index (χ0) is 17.3. The zero-order valence-electron chi connectivity index (χ0n) is 13.9. The average molecular weight is 325 g/mol. The number of hydrogen-bond acceptors (Lipinski definition) is 5. The van der Waals surface area contributed by atoms with E-state index in [9.17, 15) is 9.90 Å². The molecule has 0 saturated heterocycles. The number of carboxylic acid groups (broad SMARTS) is 1. The molecule has 0 radical (unpaired) electrons. The SMILES string of the molecule is CCC(C)N(C)c1nc2cc(C(=O)O)ccc2nc1-c1ccoc1. The molecule has 0 aliphatic heterocycles. The van der Waals surface area contributed by atoms with Crippen LogP contribution in [0.3, 0.4) is 0 Å². The maximum Gasteiger partial charge on any atom is 0.335 e. The van der Waals surface area contributed by atoms with Crippen molar-refractivity contribution in [3.05, 3.63) is 42.4 Å². The van der Waals surface area contributed by atoms with Gasteiger partial charge in [0.15, 0.2) is 5.82 Å². The second-order valence-electron chi connectivity index (χ2n) is 5.78. The van der Waals surface area contributed by atoms with Crippen molar-refractivity contribution >= 4 is 22.8 Å². The van der Waals surface area contributed by atoms with E-state index in [4.69, 9.17) is 14.4 Å². The maximum atomic E-state index is 11.2. The molecule has 1 atom stereocenters. The van der Waals surface area contributed by atoms with E-state index >= 15 is 0 Å². The molecule has 0 aliphatic rings. The Morgan fingerprint density at radius 2 is 2.08 bits per heavy atom. The van der Waals surface area contributed by atoms with Gasteiger partial charge in [-0.15, -0.1) is 0 Å². The Kier molecular flexibility index (Phi) is 4.20. The van der Waals surface area contributed by atoms with Gasteiger partial charge >= 0.3 is 5.97 Å². The van der Waals surface area contributed by atoms with E-state index in [-0.39, 0.29) is 11.6 Å². The fraction of sp³-hybridized carbons (Fsp3) is 0.278. The molecule has 1 N–H and O–H groups in total. The molecule has 0 spiro atoms. The molecular formula is C18H19N3O3. The predicted octanol–water partition coefficient (Wildman–Crippen LogP) is 3.82. The van der Waals surface area contributed by atoms with Gasteiger partial charge in [-0.05, 0) is 37.6 Å². The Morgan fingerprint density at radius 1 is 1.29 bits per heavy atom. The third-order valence-corrected chi connectivity index (χ3v) is 4.27. The molecule has 3 rings (SSSR count). The highest BCUT2D eigenvalue weighted by Crippen LogP contribution is 2.31. The summed E-state index contributed by atoms with van der Waals surface area (Å²) >= 11 is 0. The fourth-order valence-electron chi connectivity index (χ4n) is 2.50. The van der Waals surface area contributed by atoms with Crippen LogP contribution in [0.1, 0.15) is 30.6 Å². The van der Waals surface area contributed by atoms with Crippen LogP contribution in [0, 0.1) is 0 Å².